The van der Waals surface area contributed by atoms with Crippen LogP contribution in [0.1, 0.15) is 29.5 Å². The minimum Gasteiger partial charge on any atom is -0.357 e. The number of hydrogen-bond donors (Lipinski definition) is 2. The first-order chi connectivity index (χ1) is 10.6. The van der Waals surface area contributed by atoms with E-state index in [0.717, 1.165) is 19.0 Å². The van der Waals surface area contributed by atoms with Gasteiger partial charge in [-0.1, -0.05) is 36.8 Å². The average Bonchev–Trinajstić information content (AvgIpc) is 2.93. The van der Waals surface area contributed by atoms with E-state index in [0.29, 0.717) is 5.92 Å². The van der Waals surface area contributed by atoms with Gasteiger partial charge in [0.15, 0.2) is 5.96 Å². The third kappa shape index (κ3) is 4.65. The maximum Gasteiger partial charge on any atom is 0.191 e. The van der Waals surface area contributed by atoms with Crippen LogP contribution in [0.3, 0.4) is 0 Å². The molecule has 0 fully saturated rings. The maximum absolute atomic E-state index is 4.28. The molecule has 1 aromatic heterocycles. The Bertz CT molecular complexity index is 610. The Morgan fingerprint density at radius 3 is 2.50 bits per heavy atom. The van der Waals surface area contributed by atoms with Crippen LogP contribution in [0, 0.1) is 6.92 Å². The molecule has 0 saturated heterocycles. The lowest BCUT2D eigenvalue weighted by atomic mass is 10.0. The Morgan fingerprint density at radius 1 is 1.18 bits per heavy atom. The lowest BCUT2D eigenvalue weighted by Crippen LogP contribution is -2.38. The number of guanidine groups is 1. The summed E-state index contributed by atoms with van der Waals surface area (Å²) < 4.78 is 2.05. The summed E-state index contributed by atoms with van der Waals surface area (Å²) in [5, 5.41) is 6.73. The number of aliphatic imine (C=N–C) groups is 1. The van der Waals surface area contributed by atoms with Gasteiger partial charge in [-0.3, -0.25) is 4.99 Å². The smallest absolute Gasteiger partial charge is 0.191 e. The maximum atomic E-state index is 4.28. The normalized spacial score (nSPS) is 13.0. The van der Waals surface area contributed by atoms with E-state index in [2.05, 4.69) is 66.0 Å². The molecule has 2 N–H and O–H groups in total. The number of nitrogens with one attached hydrogen (secondary N) is 2. The van der Waals surface area contributed by atoms with Gasteiger partial charge < -0.3 is 15.2 Å². The summed E-state index contributed by atoms with van der Waals surface area (Å²) in [4.78, 5) is 4.28. The summed E-state index contributed by atoms with van der Waals surface area (Å²) in [5.74, 6) is 1.28. The van der Waals surface area contributed by atoms with Gasteiger partial charge in [-0.05, 0) is 30.0 Å². The van der Waals surface area contributed by atoms with Crippen molar-refractivity contribution in [3.05, 3.63) is 59.4 Å². The standard InChI is InChI=1S/C18H26N4/c1-14-5-7-17(8-6-14)15(2)11-20-18(19-3)21-12-16-9-10-22(4)13-16/h5-10,13,15H,11-12H2,1-4H3,(H2,19,20,21). The highest BCUT2D eigenvalue weighted by molar-refractivity contribution is 5.79. The second-order valence-electron chi connectivity index (χ2n) is 5.80. The highest BCUT2D eigenvalue weighted by Crippen LogP contribution is 2.14. The van der Waals surface area contributed by atoms with Crippen LogP contribution < -0.4 is 10.6 Å². The van der Waals surface area contributed by atoms with E-state index in [9.17, 15) is 0 Å². The molecule has 0 bridgehead atoms. The minimum absolute atomic E-state index is 0.441. The minimum atomic E-state index is 0.441. The monoisotopic (exact) mass is 298 g/mol. The molecule has 2 aromatic rings. The molecule has 1 atom stereocenters. The highest BCUT2D eigenvalue weighted by Gasteiger charge is 2.06. The van der Waals surface area contributed by atoms with E-state index in [1.165, 1.54) is 16.7 Å². The van der Waals surface area contributed by atoms with Gasteiger partial charge in [-0.2, -0.15) is 0 Å². The fourth-order valence-electron chi connectivity index (χ4n) is 2.33. The zero-order valence-corrected chi connectivity index (χ0v) is 13.9. The second-order valence-corrected chi connectivity index (χ2v) is 5.80. The van der Waals surface area contributed by atoms with Crippen LogP contribution >= 0.6 is 0 Å². The van der Waals surface area contributed by atoms with E-state index >= 15 is 0 Å². The van der Waals surface area contributed by atoms with Gasteiger partial charge in [0.2, 0.25) is 0 Å². The number of benzene rings is 1. The van der Waals surface area contributed by atoms with Crippen molar-refractivity contribution in [1.29, 1.82) is 0 Å². The predicted molar refractivity (Wildman–Crippen MR) is 93.2 cm³/mol. The molecule has 0 spiro atoms. The first-order valence-electron chi connectivity index (χ1n) is 7.70. The first-order valence-corrected chi connectivity index (χ1v) is 7.70. The number of hydrogen-bond acceptors (Lipinski definition) is 1. The molecule has 22 heavy (non-hydrogen) atoms. The molecule has 0 aliphatic carbocycles. The molecule has 1 aromatic carbocycles. The summed E-state index contributed by atoms with van der Waals surface area (Å²) >= 11 is 0. The summed E-state index contributed by atoms with van der Waals surface area (Å²) in [7, 11) is 3.83. The number of aromatic nitrogens is 1. The van der Waals surface area contributed by atoms with Gasteiger partial charge in [-0.25, -0.2) is 0 Å². The molecule has 0 aliphatic heterocycles. The van der Waals surface area contributed by atoms with Crippen LogP contribution in [0.4, 0.5) is 0 Å². The molecule has 2 rings (SSSR count). The number of rotatable bonds is 5. The lowest BCUT2D eigenvalue weighted by Gasteiger charge is -2.16. The van der Waals surface area contributed by atoms with Crippen LogP contribution in [-0.4, -0.2) is 24.1 Å². The summed E-state index contributed by atoms with van der Waals surface area (Å²) in [5.41, 5.74) is 3.89. The van der Waals surface area contributed by atoms with Gasteiger partial charge in [-0.15, -0.1) is 0 Å². The fraction of sp³-hybridized carbons (Fsp3) is 0.389. The quantitative estimate of drug-likeness (QED) is 0.658. The predicted octanol–water partition coefficient (Wildman–Crippen LogP) is 2.80. The van der Waals surface area contributed by atoms with Gasteiger partial charge in [0, 0.05) is 39.6 Å². The molecule has 4 heteroatoms. The van der Waals surface area contributed by atoms with Crippen molar-refractivity contribution in [3.63, 3.8) is 0 Å². The summed E-state index contributed by atoms with van der Waals surface area (Å²) in [6.07, 6.45) is 4.15. The number of aryl methyl sites for hydroxylation is 2. The van der Waals surface area contributed by atoms with Gasteiger partial charge in [0.1, 0.15) is 0 Å². The van der Waals surface area contributed by atoms with Crippen molar-refractivity contribution in [2.24, 2.45) is 12.0 Å². The number of nitrogens with zero attached hydrogens (tertiary/aromatic N) is 2. The Kier molecular flexibility index (Phi) is 5.64. The van der Waals surface area contributed by atoms with Gasteiger partial charge >= 0.3 is 0 Å². The highest BCUT2D eigenvalue weighted by atomic mass is 15.2. The first kappa shape index (κ1) is 16.1. The molecule has 0 radical (unpaired) electrons. The third-order valence-corrected chi connectivity index (χ3v) is 3.80. The van der Waals surface area contributed by atoms with Gasteiger partial charge in [0.05, 0.1) is 0 Å². The van der Waals surface area contributed by atoms with Gasteiger partial charge in [0.25, 0.3) is 0 Å². The SMILES string of the molecule is CN=C(NCc1ccn(C)c1)NCC(C)c1ccc(C)cc1. The third-order valence-electron chi connectivity index (χ3n) is 3.80. The topological polar surface area (TPSA) is 41.4 Å². The molecule has 1 unspecified atom stereocenters. The van der Waals surface area contributed by atoms with E-state index in [1.807, 2.05) is 17.8 Å². The van der Waals surface area contributed by atoms with Crippen LogP contribution in [0.15, 0.2) is 47.7 Å². The van der Waals surface area contributed by atoms with Crippen molar-refractivity contribution in [2.75, 3.05) is 13.6 Å². The van der Waals surface area contributed by atoms with Crippen LogP contribution in [0.2, 0.25) is 0 Å². The Morgan fingerprint density at radius 2 is 1.91 bits per heavy atom. The Balaban J connectivity index is 1.81. The molecule has 1 heterocycles. The van der Waals surface area contributed by atoms with Crippen LogP contribution in [0.25, 0.3) is 0 Å². The Hall–Kier alpha value is -2.23. The van der Waals surface area contributed by atoms with E-state index in [-0.39, 0.29) is 0 Å². The average molecular weight is 298 g/mol. The molecule has 4 nitrogen and oxygen atoms in total. The van der Waals surface area contributed by atoms with E-state index < -0.39 is 0 Å². The fourth-order valence-corrected chi connectivity index (χ4v) is 2.33. The Labute approximate surface area is 133 Å². The van der Waals surface area contributed by atoms with E-state index in [4.69, 9.17) is 0 Å². The lowest BCUT2D eigenvalue weighted by molar-refractivity contribution is 0.698. The summed E-state index contributed by atoms with van der Waals surface area (Å²) in [6, 6.07) is 10.8. The molecular formula is C18H26N4. The molecule has 0 aliphatic rings. The second kappa shape index (κ2) is 7.69. The molecular weight excluding hydrogens is 272 g/mol. The van der Waals surface area contributed by atoms with Crippen LogP contribution in [0.5, 0.6) is 0 Å². The molecule has 118 valence electrons. The zero-order chi connectivity index (χ0) is 15.9. The molecule has 0 saturated carbocycles. The van der Waals surface area contributed by atoms with Crippen molar-refractivity contribution in [1.82, 2.24) is 15.2 Å². The van der Waals surface area contributed by atoms with Crippen LogP contribution in [-0.2, 0) is 13.6 Å². The summed E-state index contributed by atoms with van der Waals surface area (Å²) in [6.45, 7) is 5.97. The zero-order valence-electron chi connectivity index (χ0n) is 13.9. The van der Waals surface area contributed by atoms with Crippen molar-refractivity contribution < 1.29 is 0 Å². The molecule has 0 amide bonds. The van der Waals surface area contributed by atoms with Crippen molar-refractivity contribution in [3.8, 4) is 0 Å². The van der Waals surface area contributed by atoms with Crippen molar-refractivity contribution in [2.45, 2.75) is 26.3 Å². The van der Waals surface area contributed by atoms with E-state index in [1.54, 1.807) is 7.05 Å². The largest absolute Gasteiger partial charge is 0.357 e. The van der Waals surface area contributed by atoms with Crippen molar-refractivity contribution >= 4 is 5.96 Å².